The molecule has 4 aromatic rings. The van der Waals surface area contributed by atoms with E-state index in [1.165, 1.54) is 4.90 Å². The maximum Gasteiger partial charge on any atom is 0.326 e. The number of amides is 1. The third kappa shape index (κ3) is 6.11. The van der Waals surface area contributed by atoms with Gasteiger partial charge in [0, 0.05) is 24.1 Å². The number of carboxylic acids is 1. The molecule has 2 atom stereocenters. The molecule has 4 aromatic carbocycles. The van der Waals surface area contributed by atoms with Gasteiger partial charge in [-0.1, -0.05) is 66.7 Å². The molecule has 0 aliphatic carbocycles. The van der Waals surface area contributed by atoms with Crippen LogP contribution in [0.25, 0.3) is 0 Å². The molecule has 5 rings (SSSR count). The van der Waals surface area contributed by atoms with Crippen molar-refractivity contribution in [1.82, 2.24) is 4.90 Å². The van der Waals surface area contributed by atoms with E-state index in [2.05, 4.69) is 0 Å². The van der Waals surface area contributed by atoms with Crippen LogP contribution in [0.15, 0.2) is 97.1 Å². The van der Waals surface area contributed by atoms with Crippen LogP contribution in [-0.2, 0) is 29.2 Å². The molecule has 1 heterocycles. The summed E-state index contributed by atoms with van der Waals surface area (Å²) in [6.45, 7) is 0.367. The number of carbonyl (C=O) groups excluding carboxylic acids is 1. The highest BCUT2D eigenvalue weighted by Gasteiger charge is 2.40. The minimum Gasteiger partial charge on any atom is -0.497 e. The van der Waals surface area contributed by atoms with Gasteiger partial charge in [0.25, 0.3) is 5.91 Å². The quantitative estimate of drug-likeness (QED) is 0.279. The average molecular weight is 554 g/mol. The van der Waals surface area contributed by atoms with Crippen molar-refractivity contribution >= 4 is 11.9 Å². The van der Waals surface area contributed by atoms with Gasteiger partial charge in [-0.15, -0.1) is 0 Å². The minimum absolute atomic E-state index is 0.0573. The average Bonchev–Trinajstić information content (AvgIpc) is 3.02. The summed E-state index contributed by atoms with van der Waals surface area (Å²) in [5.41, 5.74) is 3.08. The Labute approximate surface area is 238 Å². The van der Waals surface area contributed by atoms with E-state index < -0.39 is 24.0 Å². The molecular weight excluding hydrogens is 522 g/mol. The van der Waals surface area contributed by atoms with Gasteiger partial charge < -0.3 is 29.0 Å². The standard InChI is InChI=1S/C33H31NO7/c1-38-25-14-16-26(17-15-25)41-30(23-11-7-4-8-12-23)32(35)34-20-24-13-18-29(39-2)31(27(24)19-28(34)33(36)37)40-21-22-9-5-3-6-10-22/h3-18,28,30H,19-21H2,1-2H3,(H,36,37)/t28-,30+/m0/s1. The first-order valence-corrected chi connectivity index (χ1v) is 13.2. The summed E-state index contributed by atoms with van der Waals surface area (Å²) in [7, 11) is 3.12. The monoisotopic (exact) mass is 553 g/mol. The van der Waals surface area contributed by atoms with Crippen molar-refractivity contribution in [2.45, 2.75) is 31.7 Å². The SMILES string of the molecule is COc1ccc(O[C@@H](C(=O)N2Cc3ccc(OC)c(OCc4ccccc4)c3C[C@H]2C(=O)O)c2ccccc2)cc1. The van der Waals surface area contributed by atoms with Crippen LogP contribution in [0.3, 0.4) is 0 Å². The second-order valence-electron chi connectivity index (χ2n) is 9.62. The van der Waals surface area contributed by atoms with E-state index in [9.17, 15) is 14.7 Å². The summed E-state index contributed by atoms with van der Waals surface area (Å²) in [6.07, 6.45) is -0.998. The lowest BCUT2D eigenvalue weighted by Crippen LogP contribution is -2.51. The highest BCUT2D eigenvalue weighted by molar-refractivity contribution is 5.88. The summed E-state index contributed by atoms with van der Waals surface area (Å²) in [5.74, 6) is 0.539. The van der Waals surface area contributed by atoms with Gasteiger partial charge >= 0.3 is 5.97 Å². The molecule has 8 heteroatoms. The lowest BCUT2D eigenvalue weighted by molar-refractivity contribution is -0.155. The van der Waals surface area contributed by atoms with Gasteiger partial charge in [-0.05, 0) is 41.5 Å². The summed E-state index contributed by atoms with van der Waals surface area (Å²) >= 11 is 0. The van der Waals surface area contributed by atoms with Crippen molar-refractivity contribution in [3.05, 3.63) is 119 Å². The number of benzene rings is 4. The van der Waals surface area contributed by atoms with Crippen LogP contribution in [0, 0.1) is 0 Å². The van der Waals surface area contributed by atoms with E-state index in [0.717, 1.165) is 11.1 Å². The third-order valence-corrected chi connectivity index (χ3v) is 7.09. The van der Waals surface area contributed by atoms with Gasteiger partial charge in [-0.2, -0.15) is 0 Å². The van der Waals surface area contributed by atoms with Crippen molar-refractivity contribution in [3.8, 4) is 23.0 Å². The second kappa shape index (κ2) is 12.5. The van der Waals surface area contributed by atoms with Crippen molar-refractivity contribution in [2.75, 3.05) is 14.2 Å². The molecule has 1 aliphatic rings. The van der Waals surface area contributed by atoms with Crippen molar-refractivity contribution in [3.63, 3.8) is 0 Å². The number of methoxy groups -OCH3 is 2. The van der Waals surface area contributed by atoms with E-state index in [1.54, 1.807) is 56.7 Å². The summed E-state index contributed by atoms with van der Waals surface area (Å²) in [6, 6.07) is 28.2. The number of ether oxygens (including phenoxy) is 4. The van der Waals surface area contributed by atoms with E-state index in [4.69, 9.17) is 18.9 Å². The molecule has 0 radical (unpaired) electrons. The topological polar surface area (TPSA) is 94.5 Å². The molecule has 0 bridgehead atoms. The predicted molar refractivity (Wildman–Crippen MR) is 152 cm³/mol. The molecule has 0 spiro atoms. The predicted octanol–water partition coefficient (Wildman–Crippen LogP) is 5.44. The minimum atomic E-state index is -1.13. The molecule has 0 unspecified atom stereocenters. The van der Waals surface area contributed by atoms with Gasteiger partial charge in [-0.25, -0.2) is 4.79 Å². The van der Waals surface area contributed by atoms with Crippen molar-refractivity contribution in [2.24, 2.45) is 0 Å². The van der Waals surface area contributed by atoms with Crippen molar-refractivity contribution < 1.29 is 33.6 Å². The van der Waals surface area contributed by atoms with Crippen LogP contribution in [0.1, 0.15) is 28.4 Å². The largest absolute Gasteiger partial charge is 0.497 e. The Morgan fingerprint density at radius 1 is 0.854 bits per heavy atom. The third-order valence-electron chi connectivity index (χ3n) is 7.09. The highest BCUT2D eigenvalue weighted by atomic mass is 16.5. The number of hydrogen-bond acceptors (Lipinski definition) is 6. The van der Waals surface area contributed by atoms with E-state index in [0.29, 0.717) is 40.7 Å². The van der Waals surface area contributed by atoms with Gasteiger partial charge in [0.15, 0.2) is 11.5 Å². The number of aliphatic carboxylic acids is 1. The lowest BCUT2D eigenvalue weighted by atomic mass is 9.91. The molecule has 210 valence electrons. The van der Waals surface area contributed by atoms with Crippen LogP contribution in [0.5, 0.6) is 23.0 Å². The Morgan fingerprint density at radius 3 is 2.15 bits per heavy atom. The van der Waals surface area contributed by atoms with Crippen LogP contribution in [0.2, 0.25) is 0 Å². The van der Waals surface area contributed by atoms with E-state index in [1.807, 2.05) is 54.6 Å². The first kappa shape index (κ1) is 27.6. The second-order valence-corrected chi connectivity index (χ2v) is 9.62. The Balaban J connectivity index is 1.47. The van der Waals surface area contributed by atoms with Gasteiger partial charge in [-0.3, -0.25) is 4.79 Å². The zero-order valence-corrected chi connectivity index (χ0v) is 22.9. The van der Waals surface area contributed by atoms with Crippen LogP contribution in [0.4, 0.5) is 0 Å². The molecule has 0 saturated carbocycles. The number of carboxylic acid groups (broad SMARTS) is 1. The fraction of sp³-hybridized carbons (Fsp3) is 0.212. The van der Waals surface area contributed by atoms with Crippen LogP contribution < -0.4 is 18.9 Å². The Bertz CT molecular complexity index is 1490. The zero-order chi connectivity index (χ0) is 28.8. The maximum atomic E-state index is 14.1. The first-order chi connectivity index (χ1) is 20.0. The normalized spacial score (nSPS) is 14.9. The number of fused-ring (bicyclic) bond motifs is 1. The molecule has 0 fully saturated rings. The highest BCUT2D eigenvalue weighted by Crippen LogP contribution is 2.40. The molecule has 0 aromatic heterocycles. The maximum absolute atomic E-state index is 14.1. The Kier molecular flexibility index (Phi) is 8.39. The molecule has 0 saturated heterocycles. The fourth-order valence-corrected chi connectivity index (χ4v) is 4.95. The molecule has 1 aliphatic heterocycles. The lowest BCUT2D eigenvalue weighted by Gasteiger charge is -2.37. The molecular formula is C33H31NO7. The van der Waals surface area contributed by atoms with Crippen molar-refractivity contribution in [1.29, 1.82) is 0 Å². The van der Waals surface area contributed by atoms with E-state index >= 15 is 0 Å². The number of rotatable bonds is 10. The molecule has 41 heavy (non-hydrogen) atoms. The smallest absolute Gasteiger partial charge is 0.326 e. The van der Waals surface area contributed by atoms with E-state index in [-0.39, 0.29) is 13.0 Å². The van der Waals surface area contributed by atoms with Crippen LogP contribution >= 0.6 is 0 Å². The van der Waals surface area contributed by atoms with Gasteiger partial charge in [0.05, 0.1) is 14.2 Å². The summed E-state index contributed by atoms with van der Waals surface area (Å²) < 4.78 is 23.2. The van der Waals surface area contributed by atoms with Gasteiger partial charge in [0.1, 0.15) is 24.1 Å². The Hall–Kier alpha value is -4.98. The summed E-state index contributed by atoms with van der Waals surface area (Å²) in [4.78, 5) is 28.1. The molecule has 1 amide bonds. The molecule has 8 nitrogen and oxygen atoms in total. The zero-order valence-electron chi connectivity index (χ0n) is 22.9. The first-order valence-electron chi connectivity index (χ1n) is 13.2. The molecule has 1 N–H and O–H groups in total. The Morgan fingerprint density at radius 2 is 1.51 bits per heavy atom. The fourth-order valence-electron chi connectivity index (χ4n) is 4.95. The summed E-state index contributed by atoms with van der Waals surface area (Å²) in [5, 5.41) is 10.3. The number of hydrogen-bond donors (Lipinski definition) is 1. The van der Waals surface area contributed by atoms with Crippen LogP contribution in [-0.4, -0.2) is 42.1 Å². The van der Waals surface area contributed by atoms with Gasteiger partial charge in [0.2, 0.25) is 6.10 Å². The number of carbonyl (C=O) groups is 2. The number of nitrogens with zero attached hydrogens (tertiary/aromatic N) is 1.